The fourth-order valence-corrected chi connectivity index (χ4v) is 4.18. The van der Waals surface area contributed by atoms with E-state index in [1.165, 1.54) is 11.1 Å². The van der Waals surface area contributed by atoms with E-state index in [0.29, 0.717) is 25.4 Å². The summed E-state index contributed by atoms with van der Waals surface area (Å²) in [7, 11) is 0. The minimum absolute atomic E-state index is 0.0585. The van der Waals surface area contributed by atoms with E-state index in [9.17, 15) is 9.59 Å². The van der Waals surface area contributed by atoms with E-state index in [-0.39, 0.29) is 11.6 Å². The van der Waals surface area contributed by atoms with Gasteiger partial charge in [0.1, 0.15) is 5.82 Å². The molecule has 1 amide bonds. The number of aromatic nitrogens is 4. The van der Waals surface area contributed by atoms with E-state index in [1.54, 1.807) is 17.0 Å². The lowest BCUT2D eigenvalue weighted by atomic mass is 9.95. The molecule has 4 heterocycles. The zero-order valence-electron chi connectivity index (χ0n) is 15.7. The van der Waals surface area contributed by atoms with Gasteiger partial charge in [0.2, 0.25) is 5.91 Å². The molecule has 2 aliphatic rings. The second-order valence-corrected chi connectivity index (χ2v) is 7.71. The molecule has 7 nitrogen and oxygen atoms in total. The number of piperidine rings is 1. The smallest absolute Gasteiger partial charge is 0.343 e. The SMILES string of the molecule is O=C(CC1CCc2nn(Cc3cccnc3)c(=O)n2CC1)N1CCCCC1. The molecule has 0 spiro atoms. The van der Waals surface area contributed by atoms with Gasteiger partial charge >= 0.3 is 5.69 Å². The van der Waals surface area contributed by atoms with Crippen molar-refractivity contribution >= 4 is 5.91 Å². The minimum Gasteiger partial charge on any atom is -0.343 e. The fourth-order valence-electron chi connectivity index (χ4n) is 4.18. The van der Waals surface area contributed by atoms with Gasteiger partial charge in [0.05, 0.1) is 6.54 Å². The molecule has 0 saturated carbocycles. The van der Waals surface area contributed by atoms with Gasteiger partial charge in [-0.25, -0.2) is 9.48 Å². The van der Waals surface area contributed by atoms with Gasteiger partial charge in [-0.2, -0.15) is 5.10 Å². The van der Waals surface area contributed by atoms with Crippen LogP contribution in [-0.4, -0.2) is 43.2 Å². The molecule has 0 radical (unpaired) electrons. The van der Waals surface area contributed by atoms with Crippen LogP contribution in [0.4, 0.5) is 0 Å². The van der Waals surface area contributed by atoms with Gasteiger partial charge in [-0.3, -0.25) is 14.3 Å². The highest BCUT2D eigenvalue weighted by molar-refractivity contribution is 5.76. The molecule has 2 aromatic heterocycles. The number of hydrogen-bond acceptors (Lipinski definition) is 4. The number of likely N-dealkylation sites (tertiary alicyclic amines) is 1. The average molecular weight is 369 g/mol. The van der Waals surface area contributed by atoms with Gasteiger partial charge in [0.15, 0.2) is 0 Å². The van der Waals surface area contributed by atoms with Gasteiger partial charge < -0.3 is 4.90 Å². The highest BCUT2D eigenvalue weighted by atomic mass is 16.2. The molecule has 4 rings (SSSR count). The van der Waals surface area contributed by atoms with E-state index in [2.05, 4.69) is 10.1 Å². The van der Waals surface area contributed by atoms with Crippen LogP contribution in [0.15, 0.2) is 29.3 Å². The van der Waals surface area contributed by atoms with Crippen molar-refractivity contribution in [3.8, 4) is 0 Å². The summed E-state index contributed by atoms with van der Waals surface area (Å²) in [4.78, 5) is 31.4. The molecule has 7 heteroatoms. The quantitative estimate of drug-likeness (QED) is 0.824. The molecular formula is C20H27N5O2. The third kappa shape index (κ3) is 4.12. The molecule has 1 fully saturated rings. The number of nitrogens with zero attached hydrogens (tertiary/aromatic N) is 5. The van der Waals surface area contributed by atoms with Crippen LogP contribution in [0.25, 0.3) is 0 Å². The van der Waals surface area contributed by atoms with E-state index in [1.807, 2.05) is 17.0 Å². The number of fused-ring (bicyclic) bond motifs is 1. The molecular weight excluding hydrogens is 342 g/mol. The highest BCUT2D eigenvalue weighted by Gasteiger charge is 2.25. The van der Waals surface area contributed by atoms with Gasteiger partial charge in [0.25, 0.3) is 0 Å². The highest BCUT2D eigenvalue weighted by Crippen LogP contribution is 2.23. The van der Waals surface area contributed by atoms with Crippen molar-refractivity contribution in [1.82, 2.24) is 24.2 Å². The Morgan fingerprint density at radius 1 is 1.15 bits per heavy atom. The molecule has 1 saturated heterocycles. The Labute approximate surface area is 159 Å². The number of carbonyl (C=O) groups excluding carboxylic acids is 1. The van der Waals surface area contributed by atoms with Crippen LogP contribution >= 0.6 is 0 Å². The van der Waals surface area contributed by atoms with E-state index in [4.69, 9.17) is 0 Å². The van der Waals surface area contributed by atoms with Crippen LogP contribution in [-0.2, 0) is 24.3 Å². The van der Waals surface area contributed by atoms with Crippen LogP contribution in [0.2, 0.25) is 0 Å². The normalized spacial score (nSPS) is 20.1. The van der Waals surface area contributed by atoms with Crippen molar-refractivity contribution in [2.45, 2.75) is 58.0 Å². The third-order valence-electron chi connectivity index (χ3n) is 5.76. The van der Waals surface area contributed by atoms with E-state index in [0.717, 1.165) is 56.6 Å². The Morgan fingerprint density at radius 2 is 2.00 bits per heavy atom. The van der Waals surface area contributed by atoms with Gasteiger partial charge in [0, 0.05) is 44.9 Å². The summed E-state index contributed by atoms with van der Waals surface area (Å²) < 4.78 is 3.33. The molecule has 2 aliphatic heterocycles. The summed E-state index contributed by atoms with van der Waals surface area (Å²) in [5, 5.41) is 4.55. The largest absolute Gasteiger partial charge is 0.346 e. The Hall–Kier alpha value is -2.44. The Balaban J connectivity index is 1.39. The Morgan fingerprint density at radius 3 is 2.78 bits per heavy atom. The van der Waals surface area contributed by atoms with Crippen molar-refractivity contribution < 1.29 is 4.79 Å². The number of hydrogen-bond donors (Lipinski definition) is 0. The standard InChI is InChI=1S/C20H27N5O2/c26-19(23-10-2-1-3-11-23)13-16-6-7-18-22-25(20(27)24(18)12-8-16)15-17-5-4-9-21-14-17/h4-5,9,14,16H,1-3,6-8,10-13,15H2. The maximum Gasteiger partial charge on any atom is 0.346 e. The second kappa shape index (κ2) is 8.06. The molecule has 0 bridgehead atoms. The molecule has 27 heavy (non-hydrogen) atoms. The molecule has 0 aromatic carbocycles. The van der Waals surface area contributed by atoms with Gasteiger partial charge in [-0.15, -0.1) is 0 Å². The summed E-state index contributed by atoms with van der Waals surface area (Å²) in [5.41, 5.74) is 0.912. The van der Waals surface area contributed by atoms with Crippen molar-refractivity contribution in [2.24, 2.45) is 5.92 Å². The van der Waals surface area contributed by atoms with E-state index < -0.39 is 0 Å². The summed E-state index contributed by atoms with van der Waals surface area (Å²) in [6.07, 6.45) is 10.1. The minimum atomic E-state index is -0.0585. The zero-order chi connectivity index (χ0) is 18.6. The number of rotatable bonds is 4. The number of carbonyl (C=O) groups is 1. The third-order valence-corrected chi connectivity index (χ3v) is 5.76. The average Bonchev–Trinajstić information content (AvgIpc) is 2.87. The summed E-state index contributed by atoms with van der Waals surface area (Å²) in [6.45, 7) is 2.92. The lowest BCUT2D eigenvalue weighted by Gasteiger charge is -2.28. The predicted molar refractivity (Wildman–Crippen MR) is 101 cm³/mol. The zero-order valence-corrected chi connectivity index (χ0v) is 15.7. The molecule has 1 unspecified atom stereocenters. The predicted octanol–water partition coefficient (Wildman–Crippen LogP) is 1.84. The second-order valence-electron chi connectivity index (χ2n) is 7.71. The molecule has 0 N–H and O–H groups in total. The fraction of sp³-hybridized carbons (Fsp3) is 0.600. The van der Waals surface area contributed by atoms with Crippen molar-refractivity contribution in [1.29, 1.82) is 0 Å². The summed E-state index contributed by atoms with van der Waals surface area (Å²) in [6, 6.07) is 3.82. The van der Waals surface area contributed by atoms with Crippen LogP contribution < -0.4 is 5.69 Å². The first-order valence-corrected chi connectivity index (χ1v) is 10.0. The molecule has 2 aromatic rings. The molecule has 1 atom stereocenters. The summed E-state index contributed by atoms with van der Waals surface area (Å²) in [5.74, 6) is 1.47. The first-order chi connectivity index (χ1) is 13.2. The number of amides is 1. The molecule has 144 valence electrons. The van der Waals surface area contributed by atoms with Crippen LogP contribution in [0.3, 0.4) is 0 Å². The Bertz CT molecular complexity index is 836. The maximum atomic E-state index is 12.7. The van der Waals surface area contributed by atoms with Gasteiger partial charge in [-0.1, -0.05) is 6.07 Å². The number of pyridine rings is 1. The maximum absolute atomic E-state index is 12.7. The Kier molecular flexibility index (Phi) is 5.36. The molecule has 0 aliphatic carbocycles. The summed E-state index contributed by atoms with van der Waals surface area (Å²) >= 11 is 0. The monoisotopic (exact) mass is 369 g/mol. The van der Waals surface area contributed by atoms with Crippen molar-refractivity contribution in [2.75, 3.05) is 13.1 Å². The van der Waals surface area contributed by atoms with Crippen LogP contribution in [0.5, 0.6) is 0 Å². The first kappa shape index (κ1) is 17.9. The van der Waals surface area contributed by atoms with Crippen molar-refractivity contribution in [3.05, 3.63) is 46.4 Å². The van der Waals surface area contributed by atoms with Gasteiger partial charge in [-0.05, 0) is 49.7 Å². The van der Waals surface area contributed by atoms with Crippen LogP contribution in [0, 0.1) is 5.92 Å². The van der Waals surface area contributed by atoms with E-state index >= 15 is 0 Å². The lowest BCUT2D eigenvalue weighted by Crippen LogP contribution is -2.36. The first-order valence-electron chi connectivity index (χ1n) is 10.0. The number of aryl methyl sites for hydroxylation is 1. The van der Waals surface area contributed by atoms with Crippen molar-refractivity contribution in [3.63, 3.8) is 0 Å². The topological polar surface area (TPSA) is 73.0 Å². The lowest BCUT2D eigenvalue weighted by molar-refractivity contribution is -0.133. The van der Waals surface area contributed by atoms with Crippen LogP contribution in [0.1, 0.15) is 49.9 Å².